The molecule has 2 aromatic rings. The molecule has 0 bridgehead atoms. The molecule has 2 N–H and O–H groups in total. The van der Waals surface area contributed by atoms with Crippen LogP contribution in [-0.2, 0) is 4.79 Å². The quantitative estimate of drug-likeness (QED) is 0.826. The zero-order valence-corrected chi connectivity index (χ0v) is 16.5. The maximum atomic E-state index is 11.8. The normalized spacial score (nSPS) is 16.8. The molecule has 1 unspecified atom stereocenters. The highest BCUT2D eigenvalue weighted by Gasteiger charge is 2.27. The number of nitrogens with one attached hydrogen (secondary N) is 1. The maximum absolute atomic E-state index is 11.8. The summed E-state index contributed by atoms with van der Waals surface area (Å²) in [4.78, 5) is 32.1. The van der Waals surface area contributed by atoms with Gasteiger partial charge in [0.2, 0.25) is 5.91 Å². The number of amides is 1. The molecule has 28 heavy (non-hydrogen) atoms. The first-order chi connectivity index (χ1) is 13.4. The predicted molar refractivity (Wildman–Crippen MR) is 110 cm³/mol. The van der Waals surface area contributed by atoms with Gasteiger partial charge in [0.1, 0.15) is 11.4 Å². The number of pyridine rings is 1. The fraction of sp³-hybridized carbons (Fsp3) is 0.381. The first-order valence-corrected chi connectivity index (χ1v) is 9.50. The van der Waals surface area contributed by atoms with Crippen LogP contribution in [0.25, 0.3) is 0 Å². The van der Waals surface area contributed by atoms with Crippen LogP contribution in [0.2, 0.25) is 0 Å². The van der Waals surface area contributed by atoms with E-state index in [1.165, 1.54) is 23.5 Å². The summed E-state index contributed by atoms with van der Waals surface area (Å²) in [6, 6.07) is 10.1. The van der Waals surface area contributed by atoms with Crippen LogP contribution in [0.4, 0.5) is 17.2 Å². The second-order valence-electron chi connectivity index (χ2n) is 7.13. The van der Waals surface area contributed by atoms with Gasteiger partial charge in [-0.3, -0.25) is 4.79 Å². The minimum atomic E-state index is -1.05. The number of hydrogen-bond acceptors (Lipinski definition) is 5. The fourth-order valence-corrected chi connectivity index (χ4v) is 3.52. The van der Waals surface area contributed by atoms with Gasteiger partial charge in [0.05, 0.1) is 11.9 Å². The molecular formula is C21H26N4O3. The Morgan fingerprint density at radius 1 is 1.29 bits per heavy atom. The van der Waals surface area contributed by atoms with E-state index >= 15 is 0 Å². The SMILES string of the molecule is CCC(=O)Nc1cnc(N2CCN(c3cccc(C)c3)C(C)C2)c(C(=O)O)c1. The summed E-state index contributed by atoms with van der Waals surface area (Å²) in [6.45, 7) is 8.06. The number of piperazine rings is 1. The Morgan fingerprint density at radius 3 is 2.71 bits per heavy atom. The first-order valence-electron chi connectivity index (χ1n) is 9.50. The zero-order valence-electron chi connectivity index (χ0n) is 16.5. The third-order valence-electron chi connectivity index (χ3n) is 4.96. The van der Waals surface area contributed by atoms with E-state index in [4.69, 9.17) is 0 Å². The van der Waals surface area contributed by atoms with Crippen LogP contribution >= 0.6 is 0 Å². The molecule has 148 valence electrons. The van der Waals surface area contributed by atoms with Crippen LogP contribution in [0.5, 0.6) is 0 Å². The van der Waals surface area contributed by atoms with Crippen molar-refractivity contribution in [3.8, 4) is 0 Å². The van der Waals surface area contributed by atoms with Gasteiger partial charge in [0.15, 0.2) is 0 Å². The minimum absolute atomic E-state index is 0.102. The molecular weight excluding hydrogens is 356 g/mol. The highest BCUT2D eigenvalue weighted by atomic mass is 16.4. The van der Waals surface area contributed by atoms with Gasteiger partial charge in [-0.1, -0.05) is 19.1 Å². The van der Waals surface area contributed by atoms with Crippen molar-refractivity contribution in [2.45, 2.75) is 33.2 Å². The van der Waals surface area contributed by atoms with Crippen LogP contribution in [-0.4, -0.2) is 47.6 Å². The monoisotopic (exact) mass is 382 g/mol. The Bertz CT molecular complexity index is 884. The first kappa shape index (κ1) is 19.7. The van der Waals surface area contributed by atoms with E-state index in [1.54, 1.807) is 6.92 Å². The van der Waals surface area contributed by atoms with E-state index in [1.807, 2.05) is 4.90 Å². The molecule has 1 aliphatic heterocycles. The molecule has 3 rings (SSSR count). The summed E-state index contributed by atoms with van der Waals surface area (Å²) in [5.41, 5.74) is 2.90. The van der Waals surface area contributed by atoms with Crippen molar-refractivity contribution in [3.05, 3.63) is 47.7 Å². The lowest BCUT2D eigenvalue weighted by atomic mass is 10.1. The van der Waals surface area contributed by atoms with E-state index in [2.05, 4.69) is 53.3 Å². The number of rotatable bonds is 5. The van der Waals surface area contributed by atoms with Gasteiger partial charge >= 0.3 is 5.97 Å². The fourth-order valence-electron chi connectivity index (χ4n) is 3.52. The molecule has 2 heterocycles. The number of carboxylic acid groups (broad SMARTS) is 1. The Hall–Kier alpha value is -3.09. The lowest BCUT2D eigenvalue weighted by Crippen LogP contribution is -2.52. The van der Waals surface area contributed by atoms with Gasteiger partial charge in [-0.15, -0.1) is 0 Å². The Labute approximate surface area is 165 Å². The molecule has 1 aromatic carbocycles. The number of benzene rings is 1. The van der Waals surface area contributed by atoms with E-state index in [-0.39, 0.29) is 17.5 Å². The Balaban J connectivity index is 1.80. The van der Waals surface area contributed by atoms with Crippen molar-refractivity contribution >= 4 is 29.1 Å². The van der Waals surface area contributed by atoms with E-state index in [0.29, 0.717) is 31.0 Å². The average Bonchev–Trinajstić information content (AvgIpc) is 2.67. The molecule has 1 amide bonds. The van der Waals surface area contributed by atoms with Crippen LogP contribution in [0.15, 0.2) is 36.5 Å². The van der Waals surface area contributed by atoms with Gasteiger partial charge in [0.25, 0.3) is 0 Å². The van der Waals surface area contributed by atoms with Crippen LogP contribution in [0, 0.1) is 6.92 Å². The number of anilines is 3. The third kappa shape index (κ3) is 4.24. The summed E-state index contributed by atoms with van der Waals surface area (Å²) >= 11 is 0. The van der Waals surface area contributed by atoms with E-state index in [9.17, 15) is 14.7 Å². The number of nitrogens with zero attached hydrogens (tertiary/aromatic N) is 3. The largest absolute Gasteiger partial charge is 0.478 e. The van der Waals surface area contributed by atoms with Crippen LogP contribution < -0.4 is 15.1 Å². The number of aromatic carboxylic acids is 1. The lowest BCUT2D eigenvalue weighted by Gasteiger charge is -2.42. The van der Waals surface area contributed by atoms with Gasteiger partial charge < -0.3 is 20.2 Å². The second-order valence-corrected chi connectivity index (χ2v) is 7.13. The van der Waals surface area contributed by atoms with Gasteiger partial charge in [-0.05, 0) is 37.6 Å². The van der Waals surface area contributed by atoms with Crippen molar-refractivity contribution in [2.75, 3.05) is 34.8 Å². The molecule has 1 fully saturated rings. The molecule has 1 aliphatic rings. The summed E-state index contributed by atoms with van der Waals surface area (Å²) in [5.74, 6) is -0.784. The molecule has 7 heteroatoms. The molecule has 0 saturated carbocycles. The summed E-state index contributed by atoms with van der Waals surface area (Å²) in [7, 11) is 0. The van der Waals surface area contributed by atoms with Crippen molar-refractivity contribution in [1.29, 1.82) is 0 Å². The molecule has 0 spiro atoms. The molecule has 0 radical (unpaired) electrons. The van der Waals surface area contributed by atoms with Gasteiger partial charge in [-0.25, -0.2) is 9.78 Å². The van der Waals surface area contributed by atoms with Gasteiger partial charge in [-0.2, -0.15) is 0 Å². The highest BCUT2D eigenvalue weighted by Crippen LogP contribution is 2.27. The Kier molecular flexibility index (Phi) is 5.82. The molecule has 7 nitrogen and oxygen atoms in total. The summed E-state index contributed by atoms with van der Waals surface area (Å²) < 4.78 is 0. The smallest absolute Gasteiger partial charge is 0.339 e. The van der Waals surface area contributed by atoms with Crippen molar-refractivity contribution in [3.63, 3.8) is 0 Å². The number of aromatic nitrogens is 1. The Morgan fingerprint density at radius 2 is 2.07 bits per heavy atom. The minimum Gasteiger partial charge on any atom is -0.478 e. The molecule has 1 atom stereocenters. The molecule has 1 aromatic heterocycles. The number of carboxylic acids is 1. The van der Waals surface area contributed by atoms with E-state index < -0.39 is 5.97 Å². The molecule has 0 aliphatic carbocycles. The van der Waals surface area contributed by atoms with Crippen molar-refractivity contribution in [2.24, 2.45) is 0 Å². The number of aryl methyl sites for hydroxylation is 1. The lowest BCUT2D eigenvalue weighted by molar-refractivity contribution is -0.115. The van der Waals surface area contributed by atoms with Crippen LogP contribution in [0.3, 0.4) is 0 Å². The number of hydrogen-bond donors (Lipinski definition) is 2. The number of carbonyl (C=O) groups is 2. The van der Waals surface area contributed by atoms with Crippen molar-refractivity contribution < 1.29 is 14.7 Å². The second kappa shape index (κ2) is 8.29. The molecule has 1 saturated heterocycles. The van der Waals surface area contributed by atoms with Crippen molar-refractivity contribution in [1.82, 2.24) is 4.98 Å². The topological polar surface area (TPSA) is 85.8 Å². The summed E-state index contributed by atoms with van der Waals surface area (Å²) in [5, 5.41) is 12.3. The standard InChI is InChI=1S/C21H26N4O3/c1-4-19(26)23-16-11-18(21(27)28)20(22-12-16)24-8-9-25(15(3)13-24)17-7-5-6-14(2)10-17/h5-7,10-12,15H,4,8-9,13H2,1-3H3,(H,23,26)(H,27,28). The number of carbonyl (C=O) groups excluding carboxylic acids is 1. The summed E-state index contributed by atoms with van der Waals surface area (Å²) in [6.07, 6.45) is 1.84. The van der Waals surface area contributed by atoms with Gasteiger partial charge in [0, 0.05) is 37.8 Å². The predicted octanol–water partition coefficient (Wildman–Crippen LogP) is 3.15. The highest BCUT2D eigenvalue weighted by molar-refractivity contribution is 5.97. The zero-order chi connectivity index (χ0) is 20.3. The van der Waals surface area contributed by atoms with Crippen LogP contribution in [0.1, 0.15) is 36.2 Å². The maximum Gasteiger partial charge on any atom is 0.339 e. The van der Waals surface area contributed by atoms with E-state index in [0.717, 1.165) is 6.54 Å². The average molecular weight is 382 g/mol. The third-order valence-corrected chi connectivity index (χ3v) is 4.96.